The van der Waals surface area contributed by atoms with Gasteiger partial charge in [-0.25, -0.2) is 8.42 Å². The SMILES string of the molecule is Cc1ccc(C)c(S(=O)(=O)N2CCCC2C#N)c1. The zero-order chi connectivity index (χ0) is 13.3. The average molecular weight is 264 g/mol. The molecule has 1 aromatic carbocycles. The lowest BCUT2D eigenvalue weighted by atomic mass is 10.2. The van der Waals surface area contributed by atoms with Gasteiger partial charge in [0, 0.05) is 6.54 Å². The van der Waals surface area contributed by atoms with Crippen LogP contribution in [0.1, 0.15) is 24.0 Å². The Morgan fingerprint density at radius 3 is 2.78 bits per heavy atom. The van der Waals surface area contributed by atoms with Crippen molar-refractivity contribution in [1.29, 1.82) is 5.26 Å². The van der Waals surface area contributed by atoms with Crippen molar-refractivity contribution >= 4 is 10.0 Å². The number of hydrogen-bond donors (Lipinski definition) is 0. The largest absolute Gasteiger partial charge is 0.244 e. The third kappa shape index (κ3) is 2.14. The van der Waals surface area contributed by atoms with Crippen LogP contribution in [-0.2, 0) is 10.0 Å². The highest BCUT2D eigenvalue weighted by Crippen LogP contribution is 2.27. The summed E-state index contributed by atoms with van der Waals surface area (Å²) in [7, 11) is -3.54. The van der Waals surface area contributed by atoms with Crippen molar-refractivity contribution in [3.8, 4) is 6.07 Å². The van der Waals surface area contributed by atoms with Crippen LogP contribution in [0.4, 0.5) is 0 Å². The van der Waals surface area contributed by atoms with Gasteiger partial charge in [-0.2, -0.15) is 9.57 Å². The third-order valence-electron chi connectivity index (χ3n) is 3.28. The highest BCUT2D eigenvalue weighted by molar-refractivity contribution is 7.89. The summed E-state index contributed by atoms with van der Waals surface area (Å²) in [6, 6.07) is 6.92. The van der Waals surface area contributed by atoms with Crippen LogP contribution in [0, 0.1) is 25.2 Å². The molecule has 0 aliphatic carbocycles. The molecule has 1 unspecified atom stereocenters. The number of benzene rings is 1. The molecule has 0 amide bonds. The van der Waals surface area contributed by atoms with E-state index in [0.717, 1.165) is 17.5 Å². The summed E-state index contributed by atoms with van der Waals surface area (Å²) >= 11 is 0. The van der Waals surface area contributed by atoms with Gasteiger partial charge in [0.2, 0.25) is 10.0 Å². The monoisotopic (exact) mass is 264 g/mol. The molecule has 96 valence electrons. The smallest absolute Gasteiger partial charge is 0.207 e. The van der Waals surface area contributed by atoms with Crippen LogP contribution in [0.25, 0.3) is 0 Å². The molecule has 1 saturated heterocycles. The molecular weight excluding hydrogens is 248 g/mol. The van der Waals surface area contributed by atoms with Crippen molar-refractivity contribution in [2.45, 2.75) is 37.6 Å². The minimum atomic E-state index is -3.54. The fourth-order valence-corrected chi connectivity index (χ4v) is 4.19. The maximum Gasteiger partial charge on any atom is 0.244 e. The van der Waals surface area contributed by atoms with Crippen LogP contribution in [0.3, 0.4) is 0 Å². The van der Waals surface area contributed by atoms with Crippen LogP contribution < -0.4 is 0 Å². The molecule has 1 aliphatic rings. The zero-order valence-electron chi connectivity index (χ0n) is 10.5. The Morgan fingerprint density at radius 2 is 2.11 bits per heavy atom. The van der Waals surface area contributed by atoms with Crippen LogP contribution in [-0.4, -0.2) is 25.3 Å². The molecule has 2 rings (SSSR count). The second kappa shape index (κ2) is 4.71. The van der Waals surface area contributed by atoms with E-state index in [9.17, 15) is 8.42 Å². The van der Waals surface area contributed by atoms with Gasteiger partial charge >= 0.3 is 0 Å². The Kier molecular flexibility index (Phi) is 3.42. The Hall–Kier alpha value is -1.38. The van der Waals surface area contributed by atoms with Crippen molar-refractivity contribution in [3.05, 3.63) is 29.3 Å². The van der Waals surface area contributed by atoms with Crippen molar-refractivity contribution in [2.24, 2.45) is 0 Å². The summed E-state index contributed by atoms with van der Waals surface area (Å²) in [5.41, 5.74) is 1.64. The molecule has 1 aromatic rings. The van der Waals surface area contributed by atoms with E-state index in [1.807, 2.05) is 13.0 Å². The molecule has 1 fully saturated rings. The maximum atomic E-state index is 12.6. The van der Waals surface area contributed by atoms with Gasteiger partial charge < -0.3 is 0 Å². The lowest BCUT2D eigenvalue weighted by molar-refractivity contribution is 0.437. The molecule has 4 nitrogen and oxygen atoms in total. The molecular formula is C13H16N2O2S. The first-order chi connectivity index (χ1) is 8.46. The van der Waals surface area contributed by atoms with Crippen LogP contribution >= 0.6 is 0 Å². The average Bonchev–Trinajstić information content (AvgIpc) is 2.81. The molecule has 0 aromatic heterocycles. The van der Waals surface area contributed by atoms with Gasteiger partial charge in [-0.1, -0.05) is 12.1 Å². The van der Waals surface area contributed by atoms with Crippen LogP contribution in [0.2, 0.25) is 0 Å². The van der Waals surface area contributed by atoms with E-state index >= 15 is 0 Å². The minimum Gasteiger partial charge on any atom is -0.207 e. The van der Waals surface area contributed by atoms with E-state index in [1.165, 1.54) is 4.31 Å². The van der Waals surface area contributed by atoms with E-state index in [-0.39, 0.29) is 0 Å². The second-order valence-corrected chi connectivity index (χ2v) is 6.53. The van der Waals surface area contributed by atoms with Gasteiger partial charge in [0.15, 0.2) is 0 Å². The van der Waals surface area contributed by atoms with Gasteiger partial charge in [-0.3, -0.25) is 0 Å². The summed E-state index contributed by atoms with van der Waals surface area (Å²) in [6.45, 7) is 4.09. The van der Waals surface area contributed by atoms with Crippen LogP contribution in [0.5, 0.6) is 0 Å². The topological polar surface area (TPSA) is 61.2 Å². The van der Waals surface area contributed by atoms with E-state index in [2.05, 4.69) is 6.07 Å². The molecule has 1 aliphatic heterocycles. The van der Waals surface area contributed by atoms with E-state index in [0.29, 0.717) is 17.9 Å². The number of nitriles is 1. The van der Waals surface area contributed by atoms with Gasteiger partial charge in [-0.05, 0) is 43.9 Å². The Balaban J connectivity index is 2.49. The molecule has 18 heavy (non-hydrogen) atoms. The standard InChI is InChI=1S/C13H16N2O2S/c1-10-5-6-11(2)13(8-10)18(16,17)15-7-3-4-12(15)9-14/h5-6,8,12H,3-4,7H2,1-2H3. The summed E-state index contributed by atoms with van der Waals surface area (Å²) in [6.07, 6.45) is 1.38. The molecule has 1 heterocycles. The molecule has 0 bridgehead atoms. The lowest BCUT2D eigenvalue weighted by Gasteiger charge is -2.20. The number of hydrogen-bond acceptors (Lipinski definition) is 3. The molecule has 1 atom stereocenters. The van der Waals surface area contributed by atoms with Crippen molar-refractivity contribution in [1.82, 2.24) is 4.31 Å². The fraction of sp³-hybridized carbons (Fsp3) is 0.462. The first kappa shape index (κ1) is 13.1. The summed E-state index contributed by atoms with van der Waals surface area (Å²) in [4.78, 5) is 0.324. The highest BCUT2D eigenvalue weighted by atomic mass is 32.2. The minimum absolute atomic E-state index is 0.324. The van der Waals surface area contributed by atoms with Gasteiger partial charge in [0.05, 0.1) is 11.0 Å². The second-order valence-electron chi connectivity index (χ2n) is 4.67. The number of rotatable bonds is 2. The molecule has 5 heteroatoms. The van der Waals surface area contributed by atoms with Crippen molar-refractivity contribution in [2.75, 3.05) is 6.54 Å². The molecule has 0 radical (unpaired) electrons. The van der Waals surface area contributed by atoms with Gasteiger partial charge in [-0.15, -0.1) is 0 Å². The third-order valence-corrected chi connectivity index (χ3v) is 5.33. The van der Waals surface area contributed by atoms with E-state index < -0.39 is 16.1 Å². The van der Waals surface area contributed by atoms with Gasteiger partial charge in [0.25, 0.3) is 0 Å². The molecule has 0 N–H and O–H groups in total. The first-order valence-corrected chi connectivity index (χ1v) is 7.39. The normalized spacial score (nSPS) is 20.8. The van der Waals surface area contributed by atoms with Crippen LogP contribution in [0.15, 0.2) is 23.1 Å². The summed E-state index contributed by atoms with van der Waals surface area (Å²) in [5.74, 6) is 0. The number of nitrogens with zero attached hydrogens (tertiary/aromatic N) is 2. The quantitative estimate of drug-likeness (QED) is 0.820. The predicted octanol–water partition coefficient (Wildman–Crippen LogP) is 1.98. The Bertz CT molecular complexity index is 602. The van der Waals surface area contributed by atoms with E-state index in [1.54, 1.807) is 19.1 Å². The van der Waals surface area contributed by atoms with Crippen molar-refractivity contribution < 1.29 is 8.42 Å². The summed E-state index contributed by atoms with van der Waals surface area (Å²) in [5, 5.41) is 9.01. The zero-order valence-corrected chi connectivity index (χ0v) is 11.4. The van der Waals surface area contributed by atoms with Gasteiger partial charge in [0.1, 0.15) is 6.04 Å². The number of sulfonamides is 1. The molecule has 0 saturated carbocycles. The first-order valence-electron chi connectivity index (χ1n) is 5.95. The molecule has 0 spiro atoms. The summed E-state index contributed by atoms with van der Waals surface area (Å²) < 4.78 is 26.4. The van der Waals surface area contributed by atoms with Crippen molar-refractivity contribution in [3.63, 3.8) is 0 Å². The number of aryl methyl sites for hydroxylation is 2. The fourth-order valence-electron chi connectivity index (χ4n) is 2.27. The highest BCUT2D eigenvalue weighted by Gasteiger charge is 2.36. The Morgan fingerprint density at radius 1 is 1.39 bits per heavy atom. The van der Waals surface area contributed by atoms with E-state index in [4.69, 9.17) is 5.26 Å². The maximum absolute atomic E-state index is 12.6. The predicted molar refractivity (Wildman–Crippen MR) is 68.4 cm³/mol. The Labute approximate surface area is 108 Å². The lowest BCUT2D eigenvalue weighted by Crippen LogP contribution is -2.35.